The van der Waals surface area contributed by atoms with Crippen molar-refractivity contribution in [2.75, 3.05) is 60.5 Å². The Labute approximate surface area is 592 Å². The van der Waals surface area contributed by atoms with E-state index in [1.54, 1.807) is 39.8 Å². The van der Waals surface area contributed by atoms with Crippen LogP contribution in [0.3, 0.4) is 0 Å². The highest BCUT2D eigenvalue weighted by Gasteiger charge is 2.52. The van der Waals surface area contributed by atoms with E-state index in [1.165, 1.54) is 38.3 Å². The Morgan fingerprint density at radius 1 is 0.580 bits per heavy atom. The molecule has 0 bridgehead atoms. The van der Waals surface area contributed by atoms with E-state index in [9.17, 15) is 28.8 Å². The highest BCUT2D eigenvalue weighted by Crippen LogP contribution is 2.65. The summed E-state index contributed by atoms with van der Waals surface area (Å²) in [5.74, 6) is -2.36. The van der Waals surface area contributed by atoms with Crippen molar-refractivity contribution in [1.29, 1.82) is 0 Å². The van der Waals surface area contributed by atoms with Gasteiger partial charge in [-0.1, -0.05) is 138 Å². The van der Waals surface area contributed by atoms with Gasteiger partial charge in [0.15, 0.2) is 11.4 Å². The summed E-state index contributed by atoms with van der Waals surface area (Å²) in [6.07, 6.45) is 11.1. The molecule has 0 saturated heterocycles. The zero-order chi connectivity index (χ0) is 71.4. The number of hydrogen-bond donors (Lipinski definition) is 0. The van der Waals surface area contributed by atoms with E-state index in [2.05, 4.69) is 94.4 Å². The van der Waals surface area contributed by atoms with Crippen molar-refractivity contribution in [3.8, 4) is 34.1 Å². The quantitative estimate of drug-likeness (QED) is 0.0152. The molecule has 19 heteroatoms. The number of benzene rings is 6. The summed E-state index contributed by atoms with van der Waals surface area (Å²) < 4.78 is 68.9. The van der Waals surface area contributed by atoms with Crippen molar-refractivity contribution < 1.29 is 85.6 Å². The first-order valence-corrected chi connectivity index (χ1v) is 36.2. The van der Waals surface area contributed by atoms with Crippen LogP contribution in [-0.4, -0.2) is 115 Å². The zero-order valence-electron chi connectivity index (χ0n) is 59.7. The number of carbonyl (C=O) groups excluding carboxylic acids is 6. The largest absolute Gasteiger partial charge is 0.497 e. The van der Waals surface area contributed by atoms with Crippen molar-refractivity contribution in [3.63, 3.8) is 0 Å². The van der Waals surface area contributed by atoms with E-state index >= 15 is 0 Å². The minimum atomic E-state index is -2.20. The number of rotatable bonds is 38. The third kappa shape index (κ3) is 18.6. The molecular formula is C81H98O18S. The van der Waals surface area contributed by atoms with Crippen LogP contribution in [0.1, 0.15) is 183 Å². The van der Waals surface area contributed by atoms with Crippen LogP contribution in [0.4, 0.5) is 0 Å². The van der Waals surface area contributed by atoms with Crippen molar-refractivity contribution >= 4 is 64.2 Å². The number of hydrogen-bond acceptors (Lipinski definition) is 19. The fourth-order valence-corrected chi connectivity index (χ4v) is 14.7. The molecule has 1 spiro atoms. The molecule has 3 aliphatic rings. The van der Waals surface area contributed by atoms with Crippen LogP contribution < -0.4 is 18.9 Å². The van der Waals surface area contributed by atoms with Gasteiger partial charge in [0, 0.05) is 52.0 Å². The number of ether oxygens (including phenoxy) is 12. The number of unbranched alkanes of at least 4 members (excludes halogenated alkanes) is 2. The molecule has 536 valence electrons. The molecular weight excluding hydrogens is 1290 g/mol. The second-order valence-corrected chi connectivity index (χ2v) is 27.3. The minimum absolute atomic E-state index is 0.0401. The van der Waals surface area contributed by atoms with Crippen LogP contribution in [0.5, 0.6) is 23.0 Å². The van der Waals surface area contributed by atoms with Gasteiger partial charge in [-0.05, 0) is 153 Å². The van der Waals surface area contributed by atoms with Gasteiger partial charge >= 0.3 is 36.3 Å². The summed E-state index contributed by atoms with van der Waals surface area (Å²) in [6.45, 7) is 15.3. The Balaban J connectivity index is 0.887. The number of aryl methyl sites for hydroxylation is 2. The van der Waals surface area contributed by atoms with Gasteiger partial charge < -0.3 is 56.8 Å². The fraction of sp³-hybridized carbons (Fsp3) is 0.481. The monoisotopic (exact) mass is 1390 g/mol. The van der Waals surface area contributed by atoms with E-state index in [-0.39, 0.29) is 49.8 Å². The predicted molar refractivity (Wildman–Crippen MR) is 382 cm³/mol. The van der Waals surface area contributed by atoms with Gasteiger partial charge in [-0.3, -0.25) is 28.8 Å². The number of methoxy groups -OCH3 is 2. The van der Waals surface area contributed by atoms with E-state index in [0.29, 0.717) is 31.3 Å². The Kier molecular flexibility index (Phi) is 27.3. The van der Waals surface area contributed by atoms with Gasteiger partial charge in [-0.25, -0.2) is 0 Å². The van der Waals surface area contributed by atoms with Crippen molar-refractivity contribution in [1.82, 2.24) is 0 Å². The molecule has 6 aromatic rings. The van der Waals surface area contributed by atoms with Gasteiger partial charge in [0.1, 0.15) is 48.9 Å². The zero-order valence-corrected chi connectivity index (χ0v) is 60.5. The molecule has 0 N–H and O–H groups in total. The molecule has 6 aromatic carbocycles. The Bertz CT molecular complexity index is 3810. The molecule has 4 atom stereocenters. The lowest BCUT2D eigenvalue weighted by Crippen LogP contribution is -2.38. The van der Waals surface area contributed by atoms with Crippen LogP contribution >= 0.6 is 11.8 Å². The first-order valence-electron chi connectivity index (χ1n) is 35.4. The molecule has 100 heavy (non-hydrogen) atoms. The summed E-state index contributed by atoms with van der Waals surface area (Å²) in [6, 6.07) is 35.6. The number of ketones is 1. The van der Waals surface area contributed by atoms with Crippen molar-refractivity contribution in [3.05, 3.63) is 148 Å². The topological polar surface area (TPSA) is 213 Å². The number of esters is 5. The molecule has 1 aliphatic heterocycles. The summed E-state index contributed by atoms with van der Waals surface area (Å²) in [7, 11) is 3.38. The fourth-order valence-electron chi connectivity index (χ4n) is 13.6. The van der Waals surface area contributed by atoms with Gasteiger partial charge in [0.25, 0.3) is 0 Å². The summed E-state index contributed by atoms with van der Waals surface area (Å²) in [5, 5.41) is 2.04. The molecule has 1 saturated carbocycles. The average Bonchev–Trinajstić information content (AvgIpc) is 1.47. The van der Waals surface area contributed by atoms with Gasteiger partial charge in [-0.2, -0.15) is 0 Å². The van der Waals surface area contributed by atoms with Crippen LogP contribution in [-0.2, 0) is 77.7 Å². The maximum absolute atomic E-state index is 13.2. The standard InChI is InChI=1S/C81H98O18S/c1-11-15-44-90-50-55(7)94-52-59(82)28-33-71(85)96-78(98-73(87)37-36-70(84)95-56(8)51-91-45-16-12-2)97-72(86)35-34-69(83)93-47-46-92-61-31-26-58(27-32-61)81(57-24-29-60(88-9)30-25-57)39-38-63-75-74(62-22-17-18-23-66(62)80(75)42-40-79(13-3,14-4)41-43-80)64-49-68(67(89-10)48-65(64)76(63)99-81)100-77-53(5)20-19-21-54(77)6/h17-27,29-32,38-39,48-49,55-56,78H,11-16,28,33-37,40-47,50-52H2,1-10H3. The van der Waals surface area contributed by atoms with Crippen LogP contribution in [0.15, 0.2) is 119 Å². The predicted octanol–water partition coefficient (Wildman–Crippen LogP) is 16.3. The molecule has 0 radical (unpaired) electrons. The van der Waals surface area contributed by atoms with Crippen molar-refractivity contribution in [2.24, 2.45) is 5.41 Å². The third-order valence-electron chi connectivity index (χ3n) is 19.4. The van der Waals surface area contributed by atoms with E-state index in [4.69, 9.17) is 56.8 Å². The van der Waals surface area contributed by atoms with Gasteiger partial charge in [-0.15, -0.1) is 0 Å². The molecule has 9 rings (SSSR count). The van der Waals surface area contributed by atoms with E-state index in [0.717, 1.165) is 108 Å². The normalized spacial score (nSPS) is 16.2. The first kappa shape index (κ1) is 76.0. The molecule has 1 fully saturated rings. The number of Topliss-reactive ketones (excluding diaryl/α,β-unsaturated/α-hetero) is 1. The highest BCUT2D eigenvalue weighted by molar-refractivity contribution is 7.99. The Hall–Kier alpha value is -8.23. The van der Waals surface area contributed by atoms with Crippen LogP contribution in [0, 0.1) is 19.3 Å². The lowest BCUT2D eigenvalue weighted by atomic mass is 9.58. The maximum atomic E-state index is 13.2. The smallest absolute Gasteiger partial charge is 0.412 e. The maximum Gasteiger partial charge on any atom is 0.412 e. The highest BCUT2D eigenvalue weighted by atomic mass is 32.2. The minimum Gasteiger partial charge on any atom is -0.497 e. The molecule has 1 heterocycles. The molecule has 2 aliphatic carbocycles. The second-order valence-electron chi connectivity index (χ2n) is 26.3. The molecule has 18 nitrogen and oxygen atoms in total. The van der Waals surface area contributed by atoms with Crippen LogP contribution in [0.2, 0.25) is 0 Å². The Morgan fingerprint density at radius 2 is 1.15 bits per heavy atom. The molecule has 0 aromatic heterocycles. The molecule has 0 amide bonds. The van der Waals surface area contributed by atoms with Crippen molar-refractivity contribution in [2.45, 2.75) is 198 Å². The molecule has 4 unspecified atom stereocenters. The Morgan fingerprint density at radius 3 is 1.74 bits per heavy atom. The van der Waals surface area contributed by atoms with Gasteiger partial charge in [0.2, 0.25) is 0 Å². The third-order valence-corrected chi connectivity index (χ3v) is 20.8. The lowest BCUT2D eigenvalue weighted by molar-refractivity contribution is -0.258. The number of fused-ring (bicyclic) bond motifs is 10. The van der Waals surface area contributed by atoms with E-state index < -0.39 is 85.9 Å². The van der Waals surface area contributed by atoms with Gasteiger partial charge in [0.05, 0.1) is 70.5 Å². The second kappa shape index (κ2) is 35.9. The van der Waals surface area contributed by atoms with Crippen LogP contribution in [0.25, 0.3) is 28.0 Å². The number of carbonyl (C=O) groups is 6. The SMILES string of the molecule is CCCCOCC(C)OCC(=O)CCC(=O)OC(OC(=O)CCC(=O)OCCOc1ccc(C2(c3ccc(OC)cc3)C=Cc3c4c(c5cc(Sc6c(C)cccc6C)c(OC)cc5c3O2)-c2ccccc2C42CCC(CC)(CC)CC2)cc1)OC(=O)CCC(=O)OC(C)COCCCC. The lowest BCUT2D eigenvalue weighted by Gasteiger charge is -2.47. The summed E-state index contributed by atoms with van der Waals surface area (Å²) in [5.41, 5.74) is 9.25. The first-order chi connectivity index (χ1) is 48.3. The summed E-state index contributed by atoms with van der Waals surface area (Å²) in [4.78, 5) is 79.5. The van der Waals surface area contributed by atoms with E-state index in [1.807, 2.05) is 62.4 Å². The average molecular weight is 1390 g/mol. The summed E-state index contributed by atoms with van der Waals surface area (Å²) >= 11 is 1.73.